The molecule has 0 rings (SSSR count). The highest BCUT2D eigenvalue weighted by Gasteiger charge is 2.19. The predicted molar refractivity (Wildman–Crippen MR) is 353 cm³/mol. The highest BCUT2D eigenvalue weighted by atomic mass is 16.6. The first-order chi connectivity index (χ1) is 40.0. The van der Waals surface area contributed by atoms with E-state index in [1.165, 1.54) is 238 Å². The van der Waals surface area contributed by atoms with E-state index in [2.05, 4.69) is 93.7 Å². The third-order valence-electron chi connectivity index (χ3n) is 15.7. The molecular weight excluding hydrogens is 997 g/mol. The van der Waals surface area contributed by atoms with E-state index in [4.69, 9.17) is 14.2 Å². The van der Waals surface area contributed by atoms with Gasteiger partial charge in [0.1, 0.15) is 13.2 Å². The van der Waals surface area contributed by atoms with E-state index in [0.717, 1.165) is 89.9 Å². The summed E-state index contributed by atoms with van der Waals surface area (Å²) in [7, 11) is 0. The van der Waals surface area contributed by atoms with Gasteiger partial charge < -0.3 is 14.2 Å². The van der Waals surface area contributed by atoms with Gasteiger partial charge in [-0.3, -0.25) is 14.4 Å². The fraction of sp³-hybridized carbons (Fsp3) is 0.800. The lowest BCUT2D eigenvalue weighted by Gasteiger charge is -2.18. The standard InChI is InChI=1S/C75H134O6/c1-4-7-10-13-16-19-21-23-25-27-29-31-33-34-35-36-37-38-39-40-42-43-45-47-49-51-53-56-59-62-65-68-74(77)80-71-72(70-79-73(76)67-64-61-58-55-18-15-12-9-6-3)81-75(78)69-66-63-60-57-54-52-50-48-46-44-41-32-30-28-26-24-22-20-17-14-11-8-5-2/h8,11,17,20-21,23-24,26-27,29-30,32,72H,4-7,9-10,12-16,18-19,22,25,28,31,33-71H2,1-3H3/b11-8-,20-17-,23-21-,26-24-,29-27-,32-30-. The Morgan fingerprint density at radius 1 is 0.259 bits per heavy atom. The molecule has 0 radical (unpaired) electrons. The Bertz CT molecular complexity index is 1490. The summed E-state index contributed by atoms with van der Waals surface area (Å²) in [6, 6.07) is 0. The molecule has 6 nitrogen and oxygen atoms in total. The van der Waals surface area contributed by atoms with Crippen molar-refractivity contribution in [3.8, 4) is 0 Å². The van der Waals surface area contributed by atoms with Gasteiger partial charge in [0.15, 0.2) is 6.10 Å². The van der Waals surface area contributed by atoms with Gasteiger partial charge in [-0.05, 0) is 89.9 Å². The zero-order chi connectivity index (χ0) is 58.5. The lowest BCUT2D eigenvalue weighted by molar-refractivity contribution is -0.167. The largest absolute Gasteiger partial charge is 0.462 e. The van der Waals surface area contributed by atoms with Gasteiger partial charge in [-0.25, -0.2) is 0 Å². The van der Waals surface area contributed by atoms with E-state index in [0.29, 0.717) is 19.3 Å². The Morgan fingerprint density at radius 2 is 0.481 bits per heavy atom. The quantitative estimate of drug-likeness (QED) is 0.0261. The molecule has 0 aromatic rings. The van der Waals surface area contributed by atoms with Crippen molar-refractivity contribution in [2.45, 2.75) is 374 Å². The van der Waals surface area contributed by atoms with Gasteiger partial charge in [0.2, 0.25) is 0 Å². The van der Waals surface area contributed by atoms with Crippen LogP contribution in [0.1, 0.15) is 367 Å². The van der Waals surface area contributed by atoms with Gasteiger partial charge >= 0.3 is 17.9 Å². The van der Waals surface area contributed by atoms with Crippen LogP contribution >= 0.6 is 0 Å². The molecule has 0 N–H and O–H groups in total. The average molecular weight is 1130 g/mol. The zero-order valence-corrected chi connectivity index (χ0v) is 54.1. The number of allylic oxidation sites excluding steroid dienone is 12. The van der Waals surface area contributed by atoms with Crippen molar-refractivity contribution in [1.29, 1.82) is 0 Å². The molecule has 0 heterocycles. The molecule has 1 atom stereocenters. The van der Waals surface area contributed by atoms with Crippen LogP contribution in [-0.4, -0.2) is 37.2 Å². The second-order valence-corrected chi connectivity index (χ2v) is 23.8. The Morgan fingerprint density at radius 3 is 0.753 bits per heavy atom. The van der Waals surface area contributed by atoms with Crippen molar-refractivity contribution in [3.63, 3.8) is 0 Å². The van der Waals surface area contributed by atoms with Crippen molar-refractivity contribution in [2.24, 2.45) is 0 Å². The summed E-state index contributed by atoms with van der Waals surface area (Å²) in [5, 5.41) is 0. The highest BCUT2D eigenvalue weighted by molar-refractivity contribution is 5.71. The van der Waals surface area contributed by atoms with Gasteiger partial charge in [-0.15, -0.1) is 0 Å². The molecule has 470 valence electrons. The Balaban J connectivity index is 4.10. The number of hydrogen-bond donors (Lipinski definition) is 0. The number of carbonyl (C=O) groups excluding carboxylic acids is 3. The predicted octanol–water partition coefficient (Wildman–Crippen LogP) is 24.4. The molecule has 0 aliphatic heterocycles. The minimum Gasteiger partial charge on any atom is -0.462 e. The minimum absolute atomic E-state index is 0.0723. The van der Waals surface area contributed by atoms with Crippen LogP contribution in [0.5, 0.6) is 0 Å². The van der Waals surface area contributed by atoms with Crippen LogP contribution < -0.4 is 0 Å². The SMILES string of the molecule is CC/C=C\C/C=C\C/C=C\C/C=C\CCCCCCCCCCCCC(=O)OC(COC(=O)CCCCCCCCCCC)COC(=O)CCCCCCCCCCCCCCCCCCCCC/C=C\C/C=C\CCCCCCC. The first kappa shape index (κ1) is 77.9. The molecule has 0 amide bonds. The van der Waals surface area contributed by atoms with Crippen LogP contribution in [0.3, 0.4) is 0 Å². The van der Waals surface area contributed by atoms with Crippen LogP contribution in [0.4, 0.5) is 0 Å². The molecule has 1 unspecified atom stereocenters. The number of unbranched alkanes of at least 4 members (excludes halogenated alkanes) is 42. The summed E-state index contributed by atoms with van der Waals surface area (Å²) in [6.07, 6.45) is 90.9. The van der Waals surface area contributed by atoms with Gasteiger partial charge in [0.05, 0.1) is 0 Å². The van der Waals surface area contributed by atoms with Crippen molar-refractivity contribution in [2.75, 3.05) is 13.2 Å². The van der Waals surface area contributed by atoms with Crippen LogP contribution in [0, 0.1) is 0 Å². The number of rotatable bonds is 65. The Kier molecular flexibility index (Phi) is 66.6. The van der Waals surface area contributed by atoms with Crippen molar-refractivity contribution < 1.29 is 28.6 Å². The monoisotopic (exact) mass is 1130 g/mol. The second kappa shape index (κ2) is 69.3. The first-order valence-corrected chi connectivity index (χ1v) is 35.4. The molecule has 0 aromatic heterocycles. The van der Waals surface area contributed by atoms with Gasteiger partial charge in [0, 0.05) is 19.3 Å². The normalized spacial score (nSPS) is 12.5. The van der Waals surface area contributed by atoms with E-state index in [9.17, 15) is 14.4 Å². The van der Waals surface area contributed by atoms with Crippen LogP contribution in [0.15, 0.2) is 72.9 Å². The van der Waals surface area contributed by atoms with Crippen LogP contribution in [0.25, 0.3) is 0 Å². The van der Waals surface area contributed by atoms with Gasteiger partial charge in [-0.2, -0.15) is 0 Å². The lowest BCUT2D eigenvalue weighted by Crippen LogP contribution is -2.30. The molecule has 0 spiro atoms. The molecule has 6 heteroatoms. The van der Waals surface area contributed by atoms with Crippen molar-refractivity contribution in [3.05, 3.63) is 72.9 Å². The molecule has 81 heavy (non-hydrogen) atoms. The summed E-state index contributed by atoms with van der Waals surface area (Å²) in [5.41, 5.74) is 0. The third-order valence-corrected chi connectivity index (χ3v) is 15.7. The minimum atomic E-state index is -0.775. The highest BCUT2D eigenvalue weighted by Crippen LogP contribution is 2.18. The molecule has 0 saturated carbocycles. The zero-order valence-electron chi connectivity index (χ0n) is 54.1. The molecule has 0 aromatic carbocycles. The molecule has 0 bridgehead atoms. The molecular formula is C75H134O6. The van der Waals surface area contributed by atoms with Crippen LogP contribution in [0.2, 0.25) is 0 Å². The van der Waals surface area contributed by atoms with Crippen molar-refractivity contribution >= 4 is 17.9 Å². The summed E-state index contributed by atoms with van der Waals surface area (Å²) in [4.78, 5) is 38.3. The Labute approximate surface area is 503 Å². The summed E-state index contributed by atoms with van der Waals surface area (Å²) in [6.45, 7) is 6.54. The number of hydrogen-bond acceptors (Lipinski definition) is 6. The van der Waals surface area contributed by atoms with Crippen molar-refractivity contribution in [1.82, 2.24) is 0 Å². The number of carbonyl (C=O) groups is 3. The maximum Gasteiger partial charge on any atom is 0.306 e. The number of ether oxygens (including phenoxy) is 3. The number of esters is 3. The third kappa shape index (κ3) is 67.5. The fourth-order valence-corrected chi connectivity index (χ4v) is 10.4. The van der Waals surface area contributed by atoms with E-state index in [1.54, 1.807) is 0 Å². The van der Waals surface area contributed by atoms with E-state index in [1.807, 2.05) is 0 Å². The van der Waals surface area contributed by atoms with Gasteiger partial charge in [0.25, 0.3) is 0 Å². The van der Waals surface area contributed by atoms with E-state index >= 15 is 0 Å². The van der Waals surface area contributed by atoms with Crippen LogP contribution in [-0.2, 0) is 28.6 Å². The molecule has 0 fully saturated rings. The molecule has 0 aliphatic carbocycles. The lowest BCUT2D eigenvalue weighted by atomic mass is 10.0. The fourth-order valence-electron chi connectivity index (χ4n) is 10.4. The van der Waals surface area contributed by atoms with E-state index in [-0.39, 0.29) is 31.1 Å². The Hall–Kier alpha value is -3.15. The topological polar surface area (TPSA) is 78.9 Å². The molecule has 0 saturated heterocycles. The summed E-state index contributed by atoms with van der Waals surface area (Å²) >= 11 is 0. The second-order valence-electron chi connectivity index (χ2n) is 23.8. The van der Waals surface area contributed by atoms with E-state index < -0.39 is 6.10 Å². The first-order valence-electron chi connectivity index (χ1n) is 35.4. The summed E-state index contributed by atoms with van der Waals surface area (Å²) < 4.78 is 16.9. The van der Waals surface area contributed by atoms with Gasteiger partial charge in [-0.1, -0.05) is 331 Å². The summed E-state index contributed by atoms with van der Waals surface area (Å²) in [5.74, 6) is -0.859. The smallest absolute Gasteiger partial charge is 0.306 e. The maximum absolute atomic E-state index is 12.9. The maximum atomic E-state index is 12.9. The molecule has 0 aliphatic rings. The average Bonchev–Trinajstić information content (AvgIpc) is 3.47.